The van der Waals surface area contributed by atoms with Crippen molar-refractivity contribution in [2.75, 3.05) is 20.1 Å². The molecule has 6 heteroatoms. The van der Waals surface area contributed by atoms with Crippen LogP contribution < -0.4 is 5.73 Å². The van der Waals surface area contributed by atoms with E-state index in [0.717, 1.165) is 11.1 Å². The van der Waals surface area contributed by atoms with Gasteiger partial charge in [-0.1, -0.05) is 24.3 Å². The molecule has 2 aliphatic heterocycles. The lowest BCUT2D eigenvalue weighted by atomic mass is 9.80. The number of allylic oxidation sites excluding steroid dienone is 1. The number of hydrogen-bond donors (Lipinski definition) is 1. The molecule has 0 saturated heterocycles. The van der Waals surface area contributed by atoms with E-state index in [1.54, 1.807) is 24.3 Å². The zero-order valence-corrected chi connectivity index (χ0v) is 15.8. The number of hydrogen-bond acceptors (Lipinski definition) is 4. The quantitative estimate of drug-likeness (QED) is 0.839. The van der Waals surface area contributed by atoms with Crippen LogP contribution in [0.3, 0.4) is 0 Å². The minimum atomic E-state index is -0.502. The van der Waals surface area contributed by atoms with Gasteiger partial charge < -0.3 is 10.5 Å². The van der Waals surface area contributed by atoms with Gasteiger partial charge in [-0.2, -0.15) is 5.26 Å². The second-order valence-corrected chi connectivity index (χ2v) is 7.23. The molecule has 0 aromatic heterocycles. The molecule has 0 aliphatic carbocycles. The van der Waals surface area contributed by atoms with E-state index >= 15 is 0 Å². The summed E-state index contributed by atoms with van der Waals surface area (Å²) in [5.41, 5.74) is 9.33. The summed E-state index contributed by atoms with van der Waals surface area (Å²) < 4.78 is 33.4. The third kappa shape index (κ3) is 3.65. The van der Waals surface area contributed by atoms with Gasteiger partial charge >= 0.3 is 0 Å². The summed E-state index contributed by atoms with van der Waals surface area (Å²) in [5.74, 6) is -0.635. The Kier molecular flexibility index (Phi) is 4.91. The Labute approximate surface area is 167 Å². The predicted octanol–water partition coefficient (Wildman–Crippen LogP) is 4.06. The number of ether oxygens (including phenoxy) is 1. The molecule has 146 valence electrons. The number of nitriles is 1. The zero-order valence-electron chi connectivity index (χ0n) is 15.8. The maximum Gasteiger partial charge on any atom is 0.205 e. The van der Waals surface area contributed by atoms with Crippen LogP contribution in [0.2, 0.25) is 0 Å². The van der Waals surface area contributed by atoms with Crippen LogP contribution in [0.1, 0.15) is 17.0 Å². The maximum atomic E-state index is 13.9. The van der Waals surface area contributed by atoms with Crippen molar-refractivity contribution in [2.24, 2.45) is 5.73 Å². The smallest absolute Gasteiger partial charge is 0.205 e. The van der Waals surface area contributed by atoms with Crippen molar-refractivity contribution in [3.8, 4) is 6.07 Å². The third-order valence-electron chi connectivity index (χ3n) is 5.07. The van der Waals surface area contributed by atoms with Crippen LogP contribution in [0.5, 0.6) is 0 Å². The van der Waals surface area contributed by atoms with Gasteiger partial charge in [0.2, 0.25) is 5.88 Å². The monoisotopic (exact) mass is 391 g/mol. The van der Waals surface area contributed by atoms with Crippen molar-refractivity contribution in [2.45, 2.75) is 5.92 Å². The second kappa shape index (κ2) is 7.53. The largest absolute Gasteiger partial charge is 0.440 e. The highest BCUT2D eigenvalue weighted by molar-refractivity contribution is 5.63. The molecule has 2 aromatic carbocycles. The Balaban J connectivity index is 1.88. The fourth-order valence-corrected chi connectivity index (χ4v) is 3.90. The van der Waals surface area contributed by atoms with E-state index in [9.17, 15) is 14.0 Å². The zero-order chi connectivity index (χ0) is 20.5. The first-order chi connectivity index (χ1) is 14.0. The normalized spacial score (nSPS) is 21.0. The van der Waals surface area contributed by atoms with Gasteiger partial charge in [0.05, 0.1) is 5.92 Å². The summed E-state index contributed by atoms with van der Waals surface area (Å²) in [4.78, 5) is 2.07. The number of benzene rings is 2. The Hall–Kier alpha value is -3.43. The molecule has 29 heavy (non-hydrogen) atoms. The van der Waals surface area contributed by atoms with Crippen molar-refractivity contribution in [1.82, 2.24) is 4.90 Å². The van der Waals surface area contributed by atoms with E-state index in [1.807, 2.05) is 13.1 Å². The number of nitrogens with zero attached hydrogens (tertiary/aromatic N) is 2. The van der Waals surface area contributed by atoms with E-state index in [2.05, 4.69) is 11.0 Å². The van der Waals surface area contributed by atoms with Gasteiger partial charge in [0.15, 0.2) is 0 Å². The predicted molar refractivity (Wildman–Crippen MR) is 106 cm³/mol. The minimum absolute atomic E-state index is 0.00945. The Morgan fingerprint density at radius 1 is 1.14 bits per heavy atom. The molecule has 0 fully saturated rings. The van der Waals surface area contributed by atoms with Gasteiger partial charge in [-0.15, -0.1) is 0 Å². The van der Waals surface area contributed by atoms with Crippen LogP contribution in [0.15, 0.2) is 76.9 Å². The molecule has 2 aliphatic rings. The number of rotatable bonds is 2. The van der Waals surface area contributed by atoms with Crippen molar-refractivity contribution in [1.29, 1.82) is 5.26 Å². The minimum Gasteiger partial charge on any atom is -0.440 e. The van der Waals surface area contributed by atoms with Crippen LogP contribution in [-0.2, 0) is 4.74 Å². The first-order valence-electron chi connectivity index (χ1n) is 9.17. The van der Waals surface area contributed by atoms with Gasteiger partial charge in [-0.05, 0) is 54.1 Å². The lowest BCUT2D eigenvalue weighted by Gasteiger charge is -2.36. The van der Waals surface area contributed by atoms with Crippen LogP contribution in [0, 0.1) is 23.0 Å². The van der Waals surface area contributed by atoms with Gasteiger partial charge in [-0.25, -0.2) is 8.78 Å². The van der Waals surface area contributed by atoms with Crippen molar-refractivity contribution < 1.29 is 13.5 Å². The van der Waals surface area contributed by atoms with Crippen LogP contribution in [-0.4, -0.2) is 25.0 Å². The average molecular weight is 391 g/mol. The highest BCUT2D eigenvalue weighted by atomic mass is 19.1. The highest BCUT2D eigenvalue weighted by Crippen LogP contribution is 2.43. The van der Waals surface area contributed by atoms with Crippen LogP contribution in [0.25, 0.3) is 6.08 Å². The lowest BCUT2D eigenvalue weighted by molar-refractivity contribution is 0.251. The van der Waals surface area contributed by atoms with Crippen LogP contribution >= 0.6 is 0 Å². The Morgan fingerprint density at radius 2 is 1.86 bits per heavy atom. The van der Waals surface area contributed by atoms with Crippen molar-refractivity contribution >= 4 is 6.08 Å². The van der Waals surface area contributed by atoms with Crippen molar-refractivity contribution in [3.05, 3.63) is 99.7 Å². The summed E-state index contributed by atoms with van der Waals surface area (Å²) >= 11 is 0. The fraction of sp³-hybridized carbons (Fsp3) is 0.174. The summed E-state index contributed by atoms with van der Waals surface area (Å²) in [6.07, 6.45) is 1.85. The molecule has 4 nitrogen and oxygen atoms in total. The third-order valence-corrected chi connectivity index (χ3v) is 5.07. The highest BCUT2D eigenvalue weighted by Gasteiger charge is 2.37. The van der Waals surface area contributed by atoms with Gasteiger partial charge in [-0.3, -0.25) is 4.90 Å². The molecule has 2 N–H and O–H groups in total. The van der Waals surface area contributed by atoms with Crippen LogP contribution in [0.4, 0.5) is 8.78 Å². The summed E-state index contributed by atoms with van der Waals surface area (Å²) in [6.45, 7) is 1.11. The summed E-state index contributed by atoms with van der Waals surface area (Å²) in [7, 11) is 1.94. The first-order valence-corrected chi connectivity index (χ1v) is 9.17. The van der Waals surface area contributed by atoms with E-state index < -0.39 is 5.92 Å². The Bertz CT molecular complexity index is 1110. The summed E-state index contributed by atoms with van der Waals surface area (Å²) in [5, 5.41) is 9.70. The van der Waals surface area contributed by atoms with Gasteiger partial charge in [0, 0.05) is 18.7 Å². The summed E-state index contributed by atoms with van der Waals surface area (Å²) in [6, 6.07) is 14.6. The molecule has 0 unspecified atom stereocenters. The SMILES string of the molecule is CN1CC2=C(OC(N)=C(C#N)[C@H]2c2cccc(F)c2)/C(=C/c2cccc(F)c2)C1. The van der Waals surface area contributed by atoms with Gasteiger partial charge in [0.25, 0.3) is 0 Å². The number of likely N-dealkylation sites (N-methyl/N-ethyl adjacent to an activating group) is 1. The maximum absolute atomic E-state index is 13.9. The standard InChI is InChI=1S/C23H19F2N3O/c1-28-12-16(8-14-4-2-6-17(24)9-14)22-20(13-28)21(19(11-26)23(27)29-22)15-5-3-7-18(25)10-15/h2-10,21H,12-13,27H2,1H3/b16-8+/t21-/m1/s1. The molecule has 0 amide bonds. The molecule has 0 saturated carbocycles. The molecular formula is C23H19F2N3O. The number of nitrogens with two attached hydrogens (primary N) is 1. The molecule has 4 rings (SSSR count). The molecule has 0 radical (unpaired) electrons. The fourth-order valence-electron chi connectivity index (χ4n) is 3.90. The molecule has 0 bridgehead atoms. The second-order valence-electron chi connectivity index (χ2n) is 7.23. The Morgan fingerprint density at radius 3 is 2.55 bits per heavy atom. The molecule has 0 spiro atoms. The van der Waals surface area contributed by atoms with Crippen molar-refractivity contribution in [3.63, 3.8) is 0 Å². The van der Waals surface area contributed by atoms with E-state index in [-0.39, 0.29) is 23.1 Å². The molecule has 1 atom stereocenters. The lowest BCUT2D eigenvalue weighted by Crippen LogP contribution is -2.36. The van der Waals surface area contributed by atoms with E-state index in [0.29, 0.717) is 30.0 Å². The topological polar surface area (TPSA) is 62.3 Å². The average Bonchev–Trinajstić information content (AvgIpc) is 2.67. The molecule has 2 aromatic rings. The molecular weight excluding hydrogens is 372 g/mol. The van der Waals surface area contributed by atoms with E-state index in [4.69, 9.17) is 10.5 Å². The van der Waals surface area contributed by atoms with Gasteiger partial charge in [0.1, 0.15) is 29.0 Å². The first kappa shape index (κ1) is 18.9. The molecule has 2 heterocycles. The van der Waals surface area contributed by atoms with E-state index in [1.165, 1.54) is 24.3 Å². The number of halogens is 2.